The Morgan fingerprint density at radius 1 is 0.800 bits per heavy atom. The summed E-state index contributed by atoms with van der Waals surface area (Å²) < 4.78 is 5.39. The fourth-order valence-electron chi connectivity index (χ4n) is 2.79. The first-order valence-corrected chi connectivity index (χ1v) is 9.76. The van der Waals surface area contributed by atoms with Gasteiger partial charge in [-0.1, -0.05) is 58.0 Å². The van der Waals surface area contributed by atoms with Crippen LogP contribution in [0.15, 0.2) is 30.3 Å². The summed E-state index contributed by atoms with van der Waals surface area (Å²) in [6.45, 7) is 14.0. The Balaban J connectivity index is 2.55. The maximum absolute atomic E-state index is 2.70. The highest BCUT2D eigenvalue weighted by Crippen LogP contribution is 2.12. The summed E-state index contributed by atoms with van der Waals surface area (Å²) in [6.07, 6.45) is 2.53. The maximum Gasteiger partial charge on any atom is 0.229 e. The van der Waals surface area contributed by atoms with E-state index in [0.717, 1.165) is 0 Å². The van der Waals surface area contributed by atoms with Gasteiger partial charge in [-0.2, -0.15) is 0 Å². The number of aryl methyl sites for hydroxylation is 1. The smallest absolute Gasteiger partial charge is 0.229 e. The summed E-state index contributed by atoms with van der Waals surface area (Å²) in [5.41, 5.74) is 1.48. The molecule has 0 saturated heterocycles. The third-order valence-corrected chi connectivity index (χ3v) is 7.49. The zero-order valence-electron chi connectivity index (χ0n) is 13.7. The van der Waals surface area contributed by atoms with Crippen LogP contribution in [0.25, 0.3) is 0 Å². The van der Waals surface area contributed by atoms with E-state index in [9.17, 15) is 0 Å². The summed E-state index contributed by atoms with van der Waals surface area (Å²) in [4.78, 5) is 0. The molecule has 0 fully saturated rings. The standard InChI is InChI=1S/C17H31N2Si/c1-5-18(6-2)20(19(7-3)8-4)16-12-15-17-13-10-9-11-14-17/h9-11,13-14H,5-8,12,15-16H2,1-4H3. The Kier molecular flexibility index (Phi) is 8.82. The van der Waals surface area contributed by atoms with E-state index in [1.165, 1.54) is 50.6 Å². The van der Waals surface area contributed by atoms with Crippen LogP contribution in [0.3, 0.4) is 0 Å². The van der Waals surface area contributed by atoms with Crippen molar-refractivity contribution < 1.29 is 0 Å². The summed E-state index contributed by atoms with van der Waals surface area (Å²) in [5.74, 6) is 0. The van der Waals surface area contributed by atoms with Crippen molar-refractivity contribution in [3.63, 3.8) is 0 Å². The highest BCUT2D eigenvalue weighted by molar-refractivity contribution is 6.52. The molecular formula is C17H31N2Si. The molecule has 2 nitrogen and oxygen atoms in total. The van der Waals surface area contributed by atoms with E-state index in [4.69, 9.17) is 0 Å². The van der Waals surface area contributed by atoms with Crippen molar-refractivity contribution in [2.45, 2.75) is 46.6 Å². The maximum atomic E-state index is 2.70. The molecule has 0 bridgehead atoms. The summed E-state index contributed by atoms with van der Waals surface area (Å²) in [7, 11) is -0.528. The van der Waals surface area contributed by atoms with Crippen molar-refractivity contribution in [2.24, 2.45) is 0 Å². The predicted molar refractivity (Wildman–Crippen MR) is 91.2 cm³/mol. The number of benzene rings is 1. The Hall–Kier alpha value is -0.643. The van der Waals surface area contributed by atoms with Crippen LogP contribution in [-0.4, -0.2) is 44.4 Å². The van der Waals surface area contributed by atoms with Crippen molar-refractivity contribution in [1.29, 1.82) is 0 Å². The molecule has 0 heterocycles. The first-order chi connectivity index (χ1) is 9.76. The lowest BCUT2D eigenvalue weighted by Gasteiger charge is -2.35. The molecule has 0 aromatic heterocycles. The number of nitrogens with zero attached hydrogens (tertiary/aromatic N) is 2. The van der Waals surface area contributed by atoms with Crippen molar-refractivity contribution in [2.75, 3.05) is 26.2 Å². The average Bonchev–Trinajstić information content (AvgIpc) is 2.50. The molecule has 1 radical (unpaired) electrons. The fourth-order valence-corrected chi connectivity index (χ4v) is 5.77. The van der Waals surface area contributed by atoms with Gasteiger partial charge in [0.05, 0.1) is 0 Å². The van der Waals surface area contributed by atoms with Crippen LogP contribution >= 0.6 is 0 Å². The molecule has 0 spiro atoms. The Labute approximate surface area is 127 Å². The molecule has 0 unspecified atom stereocenters. The van der Waals surface area contributed by atoms with Crippen molar-refractivity contribution in [3.05, 3.63) is 35.9 Å². The minimum Gasteiger partial charge on any atom is -0.312 e. The van der Waals surface area contributed by atoms with Crippen LogP contribution in [0, 0.1) is 0 Å². The van der Waals surface area contributed by atoms with E-state index in [-0.39, 0.29) is 0 Å². The van der Waals surface area contributed by atoms with Crippen LogP contribution in [0.5, 0.6) is 0 Å². The Bertz CT molecular complexity index is 322. The first kappa shape index (κ1) is 17.4. The molecular weight excluding hydrogens is 260 g/mol. The van der Waals surface area contributed by atoms with Gasteiger partial charge < -0.3 is 9.13 Å². The van der Waals surface area contributed by atoms with Gasteiger partial charge in [0.1, 0.15) is 0 Å². The average molecular weight is 292 g/mol. The van der Waals surface area contributed by atoms with E-state index < -0.39 is 9.12 Å². The highest BCUT2D eigenvalue weighted by atomic mass is 28.3. The van der Waals surface area contributed by atoms with Gasteiger partial charge in [-0.15, -0.1) is 0 Å². The molecule has 1 aromatic rings. The van der Waals surface area contributed by atoms with Crippen molar-refractivity contribution in [1.82, 2.24) is 9.13 Å². The van der Waals surface area contributed by atoms with Crippen LogP contribution in [-0.2, 0) is 6.42 Å². The van der Waals surface area contributed by atoms with Gasteiger partial charge in [-0.25, -0.2) is 0 Å². The van der Waals surface area contributed by atoms with Crippen LogP contribution < -0.4 is 0 Å². The number of hydrogen-bond acceptors (Lipinski definition) is 2. The van der Waals surface area contributed by atoms with Crippen LogP contribution in [0.1, 0.15) is 39.7 Å². The van der Waals surface area contributed by atoms with E-state index in [1.54, 1.807) is 0 Å². The second-order valence-electron chi connectivity index (χ2n) is 5.10. The summed E-state index contributed by atoms with van der Waals surface area (Å²) >= 11 is 0. The second-order valence-corrected chi connectivity index (χ2v) is 7.70. The largest absolute Gasteiger partial charge is 0.312 e. The van der Waals surface area contributed by atoms with Crippen molar-refractivity contribution in [3.8, 4) is 0 Å². The topological polar surface area (TPSA) is 6.48 Å². The minimum atomic E-state index is -0.528. The van der Waals surface area contributed by atoms with Crippen molar-refractivity contribution >= 4 is 9.12 Å². The molecule has 0 aliphatic heterocycles. The predicted octanol–water partition coefficient (Wildman–Crippen LogP) is 3.79. The third-order valence-electron chi connectivity index (χ3n) is 3.97. The summed E-state index contributed by atoms with van der Waals surface area (Å²) in [5, 5.41) is 0. The molecule has 0 aliphatic carbocycles. The molecule has 20 heavy (non-hydrogen) atoms. The van der Waals surface area contributed by atoms with Gasteiger partial charge in [-0.05, 0) is 50.6 Å². The molecule has 1 rings (SSSR count). The SMILES string of the molecule is CCN(CC)[Si](CCCc1ccccc1)N(CC)CC. The Morgan fingerprint density at radius 3 is 1.75 bits per heavy atom. The normalized spacial score (nSPS) is 11.8. The van der Waals surface area contributed by atoms with Gasteiger partial charge in [0, 0.05) is 0 Å². The van der Waals surface area contributed by atoms with E-state index >= 15 is 0 Å². The molecule has 0 N–H and O–H groups in total. The van der Waals surface area contributed by atoms with Gasteiger partial charge in [0.2, 0.25) is 9.12 Å². The van der Waals surface area contributed by atoms with Crippen LogP contribution in [0.2, 0.25) is 6.04 Å². The van der Waals surface area contributed by atoms with Gasteiger partial charge in [0.25, 0.3) is 0 Å². The quantitative estimate of drug-likeness (QED) is 0.605. The zero-order chi connectivity index (χ0) is 14.8. The summed E-state index contributed by atoms with van der Waals surface area (Å²) in [6, 6.07) is 12.3. The third kappa shape index (κ3) is 5.39. The molecule has 113 valence electrons. The molecule has 0 atom stereocenters. The molecule has 1 aromatic carbocycles. The molecule has 0 saturated carbocycles. The number of rotatable bonds is 10. The monoisotopic (exact) mass is 291 g/mol. The fraction of sp³-hybridized carbons (Fsp3) is 0.647. The van der Waals surface area contributed by atoms with Gasteiger partial charge in [-0.3, -0.25) is 0 Å². The first-order valence-electron chi connectivity index (χ1n) is 8.16. The number of hydrogen-bond donors (Lipinski definition) is 0. The molecule has 0 aliphatic rings. The lowest BCUT2D eigenvalue weighted by atomic mass is 10.1. The van der Waals surface area contributed by atoms with E-state index in [2.05, 4.69) is 67.2 Å². The van der Waals surface area contributed by atoms with E-state index in [1.807, 2.05) is 0 Å². The second kappa shape index (κ2) is 10.1. The lowest BCUT2D eigenvalue weighted by Crippen LogP contribution is -2.52. The van der Waals surface area contributed by atoms with Gasteiger partial charge >= 0.3 is 0 Å². The van der Waals surface area contributed by atoms with E-state index in [0.29, 0.717) is 0 Å². The molecule has 3 heteroatoms. The highest BCUT2D eigenvalue weighted by Gasteiger charge is 2.24. The lowest BCUT2D eigenvalue weighted by molar-refractivity contribution is 0.375. The molecule has 0 amide bonds. The minimum absolute atomic E-state index is 0.528. The Morgan fingerprint density at radius 2 is 1.30 bits per heavy atom. The van der Waals surface area contributed by atoms with Crippen LogP contribution in [0.4, 0.5) is 0 Å². The zero-order valence-corrected chi connectivity index (χ0v) is 14.7. The van der Waals surface area contributed by atoms with Gasteiger partial charge in [0.15, 0.2) is 0 Å².